The summed E-state index contributed by atoms with van der Waals surface area (Å²) < 4.78 is 15.9. The SMILES string of the molecule is Nc1c(NCCc2ccc(F)cc2)c2nc(=O)c3ccccc3nc2n1-c1ccc(Br)cc1. The molecule has 2 aromatic heterocycles. The van der Waals surface area contributed by atoms with Gasteiger partial charge in [0.25, 0.3) is 5.56 Å². The zero-order chi connectivity index (χ0) is 22.9. The minimum absolute atomic E-state index is 0.272. The van der Waals surface area contributed by atoms with E-state index >= 15 is 0 Å². The number of fused-ring (bicyclic) bond motifs is 2. The number of hydrogen-bond acceptors (Lipinski definition) is 5. The molecule has 33 heavy (non-hydrogen) atoms. The van der Waals surface area contributed by atoms with Crippen molar-refractivity contribution in [3.05, 3.63) is 99.0 Å². The summed E-state index contributed by atoms with van der Waals surface area (Å²) >= 11 is 3.46. The molecule has 8 heteroatoms. The lowest BCUT2D eigenvalue weighted by molar-refractivity contribution is 0.627. The third kappa shape index (κ3) is 4.05. The summed E-state index contributed by atoms with van der Waals surface area (Å²) in [5, 5.41) is 3.76. The predicted octanol–water partition coefficient (Wildman–Crippen LogP) is 5.07. The first-order valence-electron chi connectivity index (χ1n) is 10.4. The smallest absolute Gasteiger partial charge is 0.279 e. The summed E-state index contributed by atoms with van der Waals surface area (Å²) in [4.78, 5) is 22.1. The fourth-order valence-corrected chi connectivity index (χ4v) is 4.07. The minimum Gasteiger partial charge on any atom is -0.383 e. The van der Waals surface area contributed by atoms with Crippen LogP contribution in [-0.2, 0) is 6.42 Å². The number of rotatable bonds is 5. The molecule has 164 valence electrons. The average molecular weight is 504 g/mol. The minimum atomic E-state index is -0.373. The van der Waals surface area contributed by atoms with E-state index in [9.17, 15) is 9.18 Å². The number of nitrogens with two attached hydrogens (primary N) is 1. The molecule has 0 amide bonds. The first-order chi connectivity index (χ1) is 16.0. The predicted molar refractivity (Wildman–Crippen MR) is 133 cm³/mol. The number of nitrogens with zero attached hydrogens (tertiary/aromatic N) is 3. The number of nitrogen functional groups attached to an aromatic ring is 1. The molecule has 0 bridgehead atoms. The molecule has 6 nitrogen and oxygen atoms in total. The molecule has 5 rings (SSSR count). The lowest BCUT2D eigenvalue weighted by atomic mass is 10.1. The van der Waals surface area contributed by atoms with E-state index in [2.05, 4.69) is 26.2 Å². The molecule has 0 atom stereocenters. The van der Waals surface area contributed by atoms with Gasteiger partial charge < -0.3 is 11.1 Å². The molecule has 0 spiro atoms. The van der Waals surface area contributed by atoms with Gasteiger partial charge in [0.1, 0.15) is 22.8 Å². The molecule has 0 saturated heterocycles. The van der Waals surface area contributed by atoms with Gasteiger partial charge in [-0.3, -0.25) is 9.36 Å². The highest BCUT2D eigenvalue weighted by Crippen LogP contribution is 2.33. The summed E-state index contributed by atoms with van der Waals surface area (Å²) in [7, 11) is 0. The molecule has 0 fully saturated rings. The van der Waals surface area contributed by atoms with E-state index in [4.69, 9.17) is 10.7 Å². The lowest BCUT2D eigenvalue weighted by Crippen LogP contribution is -2.09. The highest BCUT2D eigenvalue weighted by Gasteiger charge is 2.19. The van der Waals surface area contributed by atoms with E-state index in [1.54, 1.807) is 34.9 Å². The maximum atomic E-state index is 13.2. The first-order valence-corrected chi connectivity index (χ1v) is 11.2. The number of benzene rings is 3. The number of aromatic nitrogens is 3. The van der Waals surface area contributed by atoms with Gasteiger partial charge in [-0.25, -0.2) is 14.4 Å². The molecular weight excluding hydrogens is 485 g/mol. The largest absolute Gasteiger partial charge is 0.383 e. The molecule has 2 heterocycles. The van der Waals surface area contributed by atoms with E-state index in [0.29, 0.717) is 46.5 Å². The Morgan fingerprint density at radius 2 is 1.70 bits per heavy atom. The molecule has 3 aromatic carbocycles. The second-order valence-electron chi connectivity index (χ2n) is 7.59. The van der Waals surface area contributed by atoms with Crippen LogP contribution in [0, 0.1) is 5.82 Å². The van der Waals surface area contributed by atoms with E-state index in [0.717, 1.165) is 15.7 Å². The molecule has 0 radical (unpaired) electrons. The Bertz CT molecular complexity index is 1530. The van der Waals surface area contributed by atoms with E-state index in [1.165, 1.54) is 12.1 Å². The van der Waals surface area contributed by atoms with Gasteiger partial charge in [-0.1, -0.05) is 40.2 Å². The Kier molecular flexibility index (Phi) is 5.51. The average Bonchev–Trinajstić information content (AvgIpc) is 2.97. The van der Waals surface area contributed by atoms with Crippen LogP contribution >= 0.6 is 15.9 Å². The van der Waals surface area contributed by atoms with Crippen molar-refractivity contribution >= 4 is 49.5 Å². The highest BCUT2D eigenvalue weighted by atomic mass is 79.9. The molecule has 5 aromatic rings. The van der Waals surface area contributed by atoms with Crippen molar-refractivity contribution in [2.75, 3.05) is 17.6 Å². The van der Waals surface area contributed by atoms with Crippen LogP contribution in [0.25, 0.3) is 27.8 Å². The van der Waals surface area contributed by atoms with Gasteiger partial charge in [-0.05, 0) is 60.5 Å². The van der Waals surface area contributed by atoms with Gasteiger partial charge in [0.05, 0.1) is 10.9 Å². The number of halogens is 2. The van der Waals surface area contributed by atoms with Crippen molar-refractivity contribution < 1.29 is 4.39 Å². The fraction of sp³-hybridized carbons (Fsp3) is 0.0800. The monoisotopic (exact) mass is 503 g/mol. The summed E-state index contributed by atoms with van der Waals surface area (Å²) in [5.74, 6) is 0.132. The van der Waals surface area contributed by atoms with Crippen LogP contribution in [0.4, 0.5) is 15.9 Å². The number of hydrogen-bond donors (Lipinski definition) is 2. The van der Waals surface area contributed by atoms with E-state index in [1.807, 2.05) is 30.3 Å². The standard InChI is InChI=1S/C25H19BrFN5O/c26-16-7-11-18(12-8-16)32-23(28)21(29-14-13-15-5-9-17(27)10-6-15)22-24(32)30-20-4-2-1-3-19(20)25(33)31-22/h1-12,29H,13-14,28H2. The van der Waals surface area contributed by atoms with Crippen LogP contribution in [0.3, 0.4) is 0 Å². The molecule has 0 aliphatic rings. The van der Waals surface area contributed by atoms with Gasteiger partial charge in [0.2, 0.25) is 0 Å². The number of para-hydroxylation sites is 1. The van der Waals surface area contributed by atoms with Crippen molar-refractivity contribution in [1.82, 2.24) is 14.5 Å². The second-order valence-corrected chi connectivity index (χ2v) is 8.51. The van der Waals surface area contributed by atoms with Crippen LogP contribution in [0.1, 0.15) is 5.56 Å². The lowest BCUT2D eigenvalue weighted by Gasteiger charge is -2.09. The van der Waals surface area contributed by atoms with Crippen LogP contribution in [-0.4, -0.2) is 21.1 Å². The molecule has 3 N–H and O–H groups in total. The van der Waals surface area contributed by atoms with Crippen molar-refractivity contribution in [1.29, 1.82) is 0 Å². The zero-order valence-electron chi connectivity index (χ0n) is 17.4. The van der Waals surface area contributed by atoms with Gasteiger partial charge in [-0.2, -0.15) is 0 Å². The Morgan fingerprint density at radius 3 is 2.45 bits per heavy atom. The summed E-state index contributed by atoms with van der Waals surface area (Å²) in [6.45, 7) is 0.517. The van der Waals surface area contributed by atoms with Crippen molar-refractivity contribution in [2.45, 2.75) is 6.42 Å². The molecule has 0 aliphatic heterocycles. The van der Waals surface area contributed by atoms with Gasteiger partial charge in [0.15, 0.2) is 5.65 Å². The number of nitrogens with one attached hydrogen (secondary N) is 1. The Balaban J connectivity index is 1.66. The Labute approximate surface area is 197 Å². The Hall–Kier alpha value is -3.78. The maximum absolute atomic E-state index is 13.2. The molecular formula is C25H19BrFN5O. The molecule has 0 saturated carbocycles. The highest BCUT2D eigenvalue weighted by molar-refractivity contribution is 9.10. The van der Waals surface area contributed by atoms with Crippen molar-refractivity contribution in [3.63, 3.8) is 0 Å². The second kappa shape index (κ2) is 8.63. The van der Waals surface area contributed by atoms with Gasteiger partial charge in [0, 0.05) is 16.7 Å². The van der Waals surface area contributed by atoms with Crippen LogP contribution in [0.2, 0.25) is 0 Å². The molecule has 0 aliphatic carbocycles. The normalized spacial score (nSPS) is 11.2. The van der Waals surface area contributed by atoms with Gasteiger partial charge >= 0.3 is 0 Å². The van der Waals surface area contributed by atoms with E-state index in [-0.39, 0.29) is 11.4 Å². The zero-order valence-corrected chi connectivity index (χ0v) is 19.0. The molecule has 0 unspecified atom stereocenters. The topological polar surface area (TPSA) is 85.8 Å². The van der Waals surface area contributed by atoms with Crippen LogP contribution < -0.4 is 16.6 Å². The summed E-state index contributed by atoms with van der Waals surface area (Å²) in [5.41, 5.74) is 9.94. The van der Waals surface area contributed by atoms with E-state index < -0.39 is 0 Å². The van der Waals surface area contributed by atoms with Gasteiger partial charge in [-0.15, -0.1) is 0 Å². The third-order valence-electron chi connectivity index (χ3n) is 5.45. The summed E-state index contributed by atoms with van der Waals surface area (Å²) in [6, 6.07) is 21.1. The third-order valence-corrected chi connectivity index (χ3v) is 5.97. The van der Waals surface area contributed by atoms with Crippen LogP contribution in [0.5, 0.6) is 0 Å². The van der Waals surface area contributed by atoms with Crippen molar-refractivity contribution in [3.8, 4) is 5.69 Å². The number of anilines is 2. The van der Waals surface area contributed by atoms with Crippen LogP contribution in [0.15, 0.2) is 82.1 Å². The quantitative estimate of drug-likeness (QED) is 0.349. The van der Waals surface area contributed by atoms with Crippen molar-refractivity contribution in [2.24, 2.45) is 0 Å². The Morgan fingerprint density at radius 1 is 0.970 bits per heavy atom. The maximum Gasteiger partial charge on any atom is 0.279 e. The summed E-state index contributed by atoms with van der Waals surface area (Å²) in [6.07, 6.45) is 0.642. The fourth-order valence-electron chi connectivity index (χ4n) is 3.81. The first kappa shape index (κ1) is 21.1.